The second-order valence-electron chi connectivity index (χ2n) is 6.49. The minimum Gasteiger partial charge on any atom is -0.474 e. The zero-order chi connectivity index (χ0) is 18.2. The van der Waals surface area contributed by atoms with Crippen molar-refractivity contribution in [2.24, 2.45) is 4.99 Å². The van der Waals surface area contributed by atoms with Crippen LogP contribution in [0.4, 0.5) is 0 Å². The third kappa shape index (κ3) is 7.25. The Morgan fingerprint density at radius 2 is 2.11 bits per heavy atom. The number of aliphatic imine (C=N–C) groups is 1. The van der Waals surface area contributed by atoms with Gasteiger partial charge in [0.05, 0.1) is 5.01 Å². The van der Waals surface area contributed by atoms with Crippen molar-refractivity contribution in [2.75, 3.05) is 13.6 Å². The highest BCUT2D eigenvalue weighted by Gasteiger charge is 2.17. The predicted octanol–water partition coefficient (Wildman–Crippen LogP) is 3.69. The van der Waals surface area contributed by atoms with E-state index in [1.807, 2.05) is 24.5 Å². The number of hydrogen-bond donors (Lipinski definition) is 2. The first-order chi connectivity index (χ1) is 12.7. The van der Waals surface area contributed by atoms with Gasteiger partial charge in [0, 0.05) is 49.9 Å². The van der Waals surface area contributed by atoms with Crippen molar-refractivity contribution in [2.45, 2.75) is 51.7 Å². The third-order valence-corrected chi connectivity index (χ3v) is 5.35. The summed E-state index contributed by atoms with van der Waals surface area (Å²) in [5.41, 5.74) is 1.13. The second kappa shape index (κ2) is 11.4. The summed E-state index contributed by atoms with van der Waals surface area (Å²) in [7, 11) is 1.78. The Morgan fingerprint density at radius 1 is 1.30 bits per heavy atom. The molecule has 0 aliphatic heterocycles. The van der Waals surface area contributed by atoms with E-state index in [4.69, 9.17) is 4.74 Å². The molecule has 0 radical (unpaired) electrons. The molecule has 0 atom stereocenters. The Labute approximate surface area is 182 Å². The van der Waals surface area contributed by atoms with E-state index >= 15 is 0 Å². The summed E-state index contributed by atoms with van der Waals surface area (Å²) in [4.78, 5) is 14.2. The lowest BCUT2D eigenvalue weighted by Crippen LogP contribution is -2.37. The summed E-state index contributed by atoms with van der Waals surface area (Å²) in [5, 5.41) is 7.81. The quantitative estimate of drug-likeness (QED) is 0.344. The topological polar surface area (TPSA) is 71.4 Å². The highest BCUT2D eigenvalue weighted by Crippen LogP contribution is 2.23. The second-order valence-corrected chi connectivity index (χ2v) is 7.81. The van der Waals surface area contributed by atoms with Gasteiger partial charge in [0.15, 0.2) is 5.96 Å². The van der Waals surface area contributed by atoms with E-state index in [9.17, 15) is 0 Å². The van der Waals surface area contributed by atoms with E-state index in [0.717, 1.165) is 48.2 Å². The van der Waals surface area contributed by atoms with Gasteiger partial charge in [-0.1, -0.05) is 0 Å². The normalized spacial score (nSPS) is 14.7. The molecule has 27 heavy (non-hydrogen) atoms. The first-order valence-electron chi connectivity index (χ1n) is 9.20. The molecule has 0 amide bonds. The van der Waals surface area contributed by atoms with Gasteiger partial charge in [-0.15, -0.1) is 35.3 Å². The number of nitrogens with zero attached hydrogens (tertiary/aromatic N) is 3. The maximum Gasteiger partial charge on any atom is 0.213 e. The largest absolute Gasteiger partial charge is 0.474 e. The number of hydrogen-bond acceptors (Lipinski definition) is 5. The van der Waals surface area contributed by atoms with E-state index < -0.39 is 0 Å². The SMILES string of the molecule is CN=C(NCCc1ncc(C)s1)NCc1ccnc(OC2CCCC2)c1.I. The molecule has 148 valence electrons. The van der Waals surface area contributed by atoms with Crippen molar-refractivity contribution in [1.82, 2.24) is 20.6 Å². The van der Waals surface area contributed by atoms with E-state index in [1.54, 1.807) is 18.4 Å². The standard InChI is InChI=1S/C19H27N5OS.HI/c1-14-12-23-18(26-14)8-10-22-19(20-2)24-13-15-7-9-21-17(11-15)25-16-5-3-4-6-16;/h7,9,11-12,16H,3-6,8,10,13H2,1-2H3,(H2,20,22,24);1H. The van der Waals surface area contributed by atoms with Crippen LogP contribution in [0.5, 0.6) is 5.88 Å². The highest BCUT2D eigenvalue weighted by molar-refractivity contribution is 14.0. The summed E-state index contributed by atoms with van der Waals surface area (Å²) < 4.78 is 5.97. The fraction of sp³-hybridized carbons (Fsp3) is 0.526. The van der Waals surface area contributed by atoms with E-state index in [0.29, 0.717) is 12.6 Å². The molecule has 0 spiro atoms. The Kier molecular flexibility index (Phi) is 9.26. The van der Waals surface area contributed by atoms with Crippen molar-refractivity contribution in [3.63, 3.8) is 0 Å². The molecule has 0 aromatic carbocycles. The first kappa shape index (κ1) is 21.9. The molecule has 0 unspecified atom stereocenters. The summed E-state index contributed by atoms with van der Waals surface area (Å²) in [6, 6.07) is 4.01. The molecule has 2 aromatic heterocycles. The molecule has 1 aliphatic carbocycles. The first-order valence-corrected chi connectivity index (χ1v) is 10.0. The van der Waals surface area contributed by atoms with Crippen LogP contribution in [0.15, 0.2) is 29.5 Å². The van der Waals surface area contributed by atoms with Crippen molar-refractivity contribution < 1.29 is 4.74 Å². The zero-order valence-corrected chi connectivity index (χ0v) is 19.0. The van der Waals surface area contributed by atoms with Gasteiger partial charge in [0.25, 0.3) is 0 Å². The predicted molar refractivity (Wildman–Crippen MR) is 121 cm³/mol. The minimum atomic E-state index is 0. The number of guanidine groups is 1. The molecular formula is C19H28IN5OS. The highest BCUT2D eigenvalue weighted by atomic mass is 127. The molecular weight excluding hydrogens is 473 g/mol. The molecule has 6 nitrogen and oxygen atoms in total. The molecule has 0 bridgehead atoms. The number of halogens is 1. The molecule has 1 aliphatic rings. The lowest BCUT2D eigenvalue weighted by Gasteiger charge is -2.14. The van der Waals surface area contributed by atoms with Gasteiger partial charge in [0.2, 0.25) is 5.88 Å². The maximum atomic E-state index is 5.97. The molecule has 3 rings (SSSR count). The number of aryl methyl sites for hydroxylation is 1. The molecule has 8 heteroatoms. The van der Waals surface area contributed by atoms with Crippen LogP contribution in [-0.4, -0.2) is 35.6 Å². The van der Waals surface area contributed by atoms with Gasteiger partial charge in [0.1, 0.15) is 6.10 Å². The van der Waals surface area contributed by atoms with Crippen molar-refractivity contribution in [1.29, 1.82) is 0 Å². The van der Waals surface area contributed by atoms with Gasteiger partial charge in [-0.05, 0) is 44.2 Å². The van der Waals surface area contributed by atoms with Crippen LogP contribution < -0.4 is 15.4 Å². The summed E-state index contributed by atoms with van der Waals surface area (Å²) in [6.07, 6.45) is 9.74. The van der Waals surface area contributed by atoms with Gasteiger partial charge < -0.3 is 15.4 Å². The van der Waals surface area contributed by atoms with E-state index in [1.165, 1.54) is 17.7 Å². The number of pyridine rings is 1. The Balaban J connectivity index is 0.00000261. The molecule has 2 N–H and O–H groups in total. The van der Waals surface area contributed by atoms with Crippen LogP contribution in [-0.2, 0) is 13.0 Å². The number of ether oxygens (including phenoxy) is 1. The van der Waals surface area contributed by atoms with Crippen LogP contribution in [0, 0.1) is 6.92 Å². The van der Waals surface area contributed by atoms with Crippen LogP contribution >= 0.6 is 35.3 Å². The van der Waals surface area contributed by atoms with Gasteiger partial charge in [-0.3, -0.25) is 4.99 Å². The lowest BCUT2D eigenvalue weighted by molar-refractivity contribution is 0.201. The summed E-state index contributed by atoms with van der Waals surface area (Å²) >= 11 is 1.74. The van der Waals surface area contributed by atoms with Crippen molar-refractivity contribution >= 4 is 41.3 Å². The van der Waals surface area contributed by atoms with Crippen molar-refractivity contribution in [3.05, 3.63) is 40.0 Å². The maximum absolute atomic E-state index is 5.97. The summed E-state index contributed by atoms with van der Waals surface area (Å²) in [5.74, 6) is 1.51. The fourth-order valence-electron chi connectivity index (χ4n) is 3.01. The lowest BCUT2D eigenvalue weighted by atomic mass is 10.2. The minimum absolute atomic E-state index is 0. The van der Waals surface area contributed by atoms with Crippen LogP contribution in [0.3, 0.4) is 0 Å². The Hall–Kier alpha value is -1.42. The molecule has 2 heterocycles. The zero-order valence-electron chi connectivity index (χ0n) is 15.9. The number of aromatic nitrogens is 2. The average molecular weight is 501 g/mol. The third-order valence-electron chi connectivity index (χ3n) is 4.37. The summed E-state index contributed by atoms with van der Waals surface area (Å²) in [6.45, 7) is 3.56. The van der Waals surface area contributed by atoms with Crippen LogP contribution in [0.2, 0.25) is 0 Å². The van der Waals surface area contributed by atoms with E-state index in [2.05, 4.69) is 32.5 Å². The molecule has 0 saturated heterocycles. The van der Waals surface area contributed by atoms with Gasteiger partial charge >= 0.3 is 0 Å². The van der Waals surface area contributed by atoms with Crippen LogP contribution in [0.25, 0.3) is 0 Å². The number of thiazole rings is 1. The Bertz CT molecular complexity index is 730. The van der Waals surface area contributed by atoms with Crippen LogP contribution in [0.1, 0.15) is 41.1 Å². The van der Waals surface area contributed by atoms with E-state index in [-0.39, 0.29) is 24.0 Å². The smallest absolute Gasteiger partial charge is 0.213 e. The molecule has 2 aromatic rings. The van der Waals surface area contributed by atoms with Gasteiger partial charge in [-0.25, -0.2) is 9.97 Å². The monoisotopic (exact) mass is 501 g/mol. The Morgan fingerprint density at radius 3 is 2.81 bits per heavy atom. The molecule has 1 fully saturated rings. The van der Waals surface area contributed by atoms with Gasteiger partial charge in [-0.2, -0.15) is 0 Å². The van der Waals surface area contributed by atoms with Crippen molar-refractivity contribution in [3.8, 4) is 5.88 Å². The number of nitrogens with one attached hydrogen (secondary N) is 2. The number of rotatable bonds is 7. The fourth-order valence-corrected chi connectivity index (χ4v) is 3.80. The molecule has 1 saturated carbocycles. The average Bonchev–Trinajstić information content (AvgIpc) is 3.30.